The van der Waals surface area contributed by atoms with Gasteiger partial charge in [-0.2, -0.15) is 0 Å². The maximum Gasteiger partial charge on any atom is 0.0614 e. The minimum Gasteiger partial charge on any atom is -0.396 e. The Morgan fingerprint density at radius 3 is 2.21 bits per heavy atom. The lowest BCUT2D eigenvalue weighted by Crippen LogP contribution is -2.66. The zero-order valence-electron chi connectivity index (χ0n) is 22.6. The van der Waals surface area contributed by atoms with E-state index in [4.69, 9.17) is 0 Å². The fourth-order valence-corrected chi connectivity index (χ4v) is 11.2. The number of allylic oxidation sites excluding steroid dienone is 1. The van der Waals surface area contributed by atoms with Crippen molar-refractivity contribution < 1.29 is 20.4 Å². The van der Waals surface area contributed by atoms with Gasteiger partial charge in [0, 0.05) is 17.9 Å². The van der Waals surface area contributed by atoms with Crippen LogP contribution in [0.5, 0.6) is 0 Å². The molecule has 0 aromatic carbocycles. The molecule has 0 heterocycles. The minimum absolute atomic E-state index is 0.00274. The molecule has 5 rings (SSSR count). The Bertz CT molecular complexity index is 864. The first kappa shape index (κ1) is 25.2. The zero-order chi connectivity index (χ0) is 25.1. The summed E-state index contributed by atoms with van der Waals surface area (Å²) in [4.78, 5) is 0. The summed E-state index contributed by atoms with van der Waals surface area (Å²) in [5.74, 6) is 1.17. The van der Waals surface area contributed by atoms with Gasteiger partial charge in [0.1, 0.15) is 0 Å². The van der Waals surface area contributed by atoms with Crippen LogP contribution in [0.15, 0.2) is 11.6 Å². The smallest absolute Gasteiger partial charge is 0.0614 e. The maximum atomic E-state index is 11.8. The number of fused-ring (bicyclic) bond motifs is 7. The summed E-state index contributed by atoms with van der Waals surface area (Å²) < 4.78 is 0. The molecule has 0 saturated heterocycles. The van der Waals surface area contributed by atoms with E-state index in [0.29, 0.717) is 11.8 Å². The predicted molar refractivity (Wildman–Crippen MR) is 135 cm³/mol. The Morgan fingerprint density at radius 2 is 1.59 bits per heavy atom. The highest BCUT2D eigenvalue weighted by molar-refractivity contribution is 5.35. The van der Waals surface area contributed by atoms with E-state index in [1.807, 2.05) is 0 Å². The fraction of sp³-hybridized carbons (Fsp3) is 0.933. The zero-order valence-corrected chi connectivity index (χ0v) is 22.6. The molecule has 5 aliphatic rings. The average Bonchev–Trinajstić information content (AvgIpc) is 3.08. The number of rotatable bonds is 2. The van der Waals surface area contributed by atoms with Crippen molar-refractivity contribution >= 4 is 0 Å². The lowest BCUT2D eigenvalue weighted by molar-refractivity contribution is -0.212. The molecule has 0 aromatic heterocycles. The highest BCUT2D eigenvalue weighted by Gasteiger charge is 2.72. The van der Waals surface area contributed by atoms with Crippen molar-refractivity contribution in [2.45, 2.75) is 112 Å². The summed E-state index contributed by atoms with van der Waals surface area (Å²) in [5, 5.41) is 45.1. The van der Waals surface area contributed by atoms with E-state index in [2.05, 4.69) is 54.5 Å². The third-order valence-electron chi connectivity index (χ3n) is 13.2. The van der Waals surface area contributed by atoms with Gasteiger partial charge in [-0.15, -0.1) is 0 Å². The molecular weight excluding hydrogens is 424 g/mol. The third-order valence-corrected chi connectivity index (χ3v) is 13.2. The molecule has 4 heteroatoms. The third kappa shape index (κ3) is 2.81. The Balaban J connectivity index is 1.62. The molecule has 0 bridgehead atoms. The Morgan fingerprint density at radius 1 is 0.912 bits per heavy atom. The predicted octanol–water partition coefficient (Wildman–Crippen LogP) is 4.94. The molecule has 0 aromatic rings. The molecule has 4 fully saturated rings. The SMILES string of the molecule is CC(C)[C@@H]1C[C@@H](O)[C@H]2[C@@]1(CO)CC[C@@]1(C)[C@H]3C(=CC[C@]21C)[C@@]1(C)CC[C@H](O)C(C)(C)[C@H]1C[C@@H]3O. The van der Waals surface area contributed by atoms with E-state index in [-0.39, 0.29) is 57.5 Å². The van der Waals surface area contributed by atoms with Gasteiger partial charge >= 0.3 is 0 Å². The lowest BCUT2D eigenvalue weighted by Gasteiger charge is -2.70. The molecule has 34 heavy (non-hydrogen) atoms. The first-order valence-electron chi connectivity index (χ1n) is 14.1. The van der Waals surface area contributed by atoms with E-state index in [0.717, 1.165) is 44.9 Å². The highest BCUT2D eigenvalue weighted by atomic mass is 16.3. The van der Waals surface area contributed by atoms with E-state index in [9.17, 15) is 20.4 Å². The molecule has 4 nitrogen and oxygen atoms in total. The monoisotopic (exact) mass is 474 g/mol. The van der Waals surface area contributed by atoms with Gasteiger partial charge in [0.15, 0.2) is 0 Å². The molecule has 11 atom stereocenters. The van der Waals surface area contributed by atoms with Crippen LogP contribution >= 0.6 is 0 Å². The van der Waals surface area contributed by atoms with Crippen molar-refractivity contribution in [3.05, 3.63) is 11.6 Å². The Labute approximate surface area is 207 Å². The summed E-state index contributed by atoms with van der Waals surface area (Å²) in [5.41, 5.74) is 0.695. The van der Waals surface area contributed by atoms with Crippen LogP contribution in [-0.4, -0.2) is 45.3 Å². The van der Waals surface area contributed by atoms with E-state index in [1.54, 1.807) is 0 Å². The molecule has 0 radical (unpaired) electrons. The van der Waals surface area contributed by atoms with E-state index in [1.165, 1.54) is 5.57 Å². The average molecular weight is 475 g/mol. The van der Waals surface area contributed by atoms with Crippen molar-refractivity contribution in [1.82, 2.24) is 0 Å². The molecular formula is C30H50O4. The van der Waals surface area contributed by atoms with Crippen LogP contribution < -0.4 is 0 Å². The second kappa shape index (κ2) is 7.55. The lowest BCUT2D eigenvalue weighted by atomic mass is 9.35. The summed E-state index contributed by atoms with van der Waals surface area (Å²) in [6, 6.07) is 0. The standard InChI is InChI=1S/C30H50O4/c1-17(2)19-14-21(33)25-29(7)11-8-18-24(28(29,6)12-13-30(19,25)16-31)20(32)15-22-26(3,4)23(34)9-10-27(18,22)5/h8,17,19-25,31-34H,9-16H2,1-7H3/t19-,20-,21+,22+,23-,24-,25+,27+,28-,29+,30+/m0/s1. The van der Waals surface area contributed by atoms with E-state index < -0.39 is 12.2 Å². The van der Waals surface area contributed by atoms with Crippen LogP contribution in [0.3, 0.4) is 0 Å². The fourth-order valence-electron chi connectivity index (χ4n) is 11.2. The number of hydrogen-bond acceptors (Lipinski definition) is 4. The molecule has 194 valence electrons. The van der Waals surface area contributed by atoms with Gasteiger partial charge in [0.05, 0.1) is 18.3 Å². The van der Waals surface area contributed by atoms with Crippen LogP contribution in [0.25, 0.3) is 0 Å². The molecule has 5 aliphatic carbocycles. The normalized spacial score (nSPS) is 56.2. The van der Waals surface area contributed by atoms with Crippen LogP contribution in [0.1, 0.15) is 93.4 Å². The minimum atomic E-state index is -0.431. The second-order valence-corrected chi connectivity index (χ2v) is 14.8. The Kier molecular flexibility index (Phi) is 5.61. The first-order valence-corrected chi connectivity index (χ1v) is 14.1. The van der Waals surface area contributed by atoms with Gasteiger partial charge < -0.3 is 20.4 Å². The van der Waals surface area contributed by atoms with Crippen molar-refractivity contribution in [2.24, 2.45) is 56.7 Å². The van der Waals surface area contributed by atoms with Crippen LogP contribution in [0, 0.1) is 56.7 Å². The van der Waals surface area contributed by atoms with Gasteiger partial charge in [0.25, 0.3) is 0 Å². The van der Waals surface area contributed by atoms with Gasteiger partial charge in [0.2, 0.25) is 0 Å². The largest absolute Gasteiger partial charge is 0.396 e. The maximum absolute atomic E-state index is 11.8. The summed E-state index contributed by atoms with van der Waals surface area (Å²) in [6.07, 6.45) is 7.45. The number of hydrogen-bond donors (Lipinski definition) is 4. The second-order valence-electron chi connectivity index (χ2n) is 14.8. The molecule has 0 aliphatic heterocycles. The molecule has 4 N–H and O–H groups in total. The molecule has 0 unspecified atom stereocenters. The first-order chi connectivity index (χ1) is 15.7. The topological polar surface area (TPSA) is 80.9 Å². The van der Waals surface area contributed by atoms with Crippen LogP contribution in [0.2, 0.25) is 0 Å². The van der Waals surface area contributed by atoms with Crippen molar-refractivity contribution in [3.8, 4) is 0 Å². The van der Waals surface area contributed by atoms with Crippen LogP contribution in [-0.2, 0) is 0 Å². The molecule has 0 amide bonds. The Hall–Kier alpha value is -0.420. The van der Waals surface area contributed by atoms with Crippen molar-refractivity contribution in [1.29, 1.82) is 0 Å². The van der Waals surface area contributed by atoms with Gasteiger partial charge in [-0.1, -0.05) is 60.1 Å². The summed E-state index contributed by atoms with van der Waals surface area (Å²) in [7, 11) is 0. The van der Waals surface area contributed by atoms with Gasteiger partial charge in [-0.25, -0.2) is 0 Å². The van der Waals surface area contributed by atoms with Crippen molar-refractivity contribution in [3.63, 3.8) is 0 Å². The van der Waals surface area contributed by atoms with Crippen LogP contribution in [0.4, 0.5) is 0 Å². The molecule has 0 spiro atoms. The van der Waals surface area contributed by atoms with Crippen molar-refractivity contribution in [2.75, 3.05) is 6.61 Å². The van der Waals surface area contributed by atoms with Gasteiger partial charge in [-0.3, -0.25) is 0 Å². The highest BCUT2D eigenvalue weighted by Crippen LogP contribution is 2.76. The van der Waals surface area contributed by atoms with E-state index >= 15 is 0 Å². The summed E-state index contributed by atoms with van der Waals surface area (Å²) in [6.45, 7) is 16.2. The number of aliphatic hydroxyl groups is 4. The quantitative estimate of drug-likeness (QED) is 0.428. The number of aliphatic hydroxyl groups excluding tert-OH is 4. The molecule has 4 saturated carbocycles. The van der Waals surface area contributed by atoms with Gasteiger partial charge in [-0.05, 0) is 90.3 Å². The summed E-state index contributed by atoms with van der Waals surface area (Å²) >= 11 is 0.